The second kappa shape index (κ2) is 4.79. The minimum absolute atomic E-state index is 0.0526. The van der Waals surface area contributed by atoms with E-state index in [4.69, 9.17) is 9.84 Å². The van der Waals surface area contributed by atoms with Gasteiger partial charge in [0.25, 0.3) is 0 Å². The first-order chi connectivity index (χ1) is 8.61. The largest absolute Gasteiger partial charge is 0.494 e. The predicted octanol–water partition coefficient (Wildman–Crippen LogP) is 1.99. The number of rotatable bonds is 3. The Morgan fingerprint density at radius 1 is 1.39 bits per heavy atom. The van der Waals surface area contributed by atoms with Gasteiger partial charge in [0.05, 0.1) is 7.11 Å². The smallest absolute Gasteiger partial charge is 0.354 e. The number of nitrogens with zero attached hydrogens (tertiary/aromatic N) is 2. The molecule has 0 amide bonds. The van der Waals surface area contributed by atoms with Crippen LogP contribution in [-0.4, -0.2) is 28.2 Å². The summed E-state index contributed by atoms with van der Waals surface area (Å²) in [7, 11) is 1.34. The number of aromatic carboxylic acids is 1. The Morgan fingerprint density at radius 3 is 2.83 bits per heavy atom. The number of hydrogen-bond acceptors (Lipinski definition) is 4. The maximum absolute atomic E-state index is 13.2. The Morgan fingerprint density at radius 2 is 2.17 bits per heavy atom. The normalized spacial score (nSPS) is 10.1. The molecule has 18 heavy (non-hydrogen) atoms. The summed E-state index contributed by atoms with van der Waals surface area (Å²) >= 11 is 0. The molecule has 0 radical (unpaired) electrons. The van der Waals surface area contributed by atoms with Gasteiger partial charge in [0.2, 0.25) is 0 Å². The molecule has 6 heteroatoms. The van der Waals surface area contributed by atoms with Crippen LogP contribution in [0.1, 0.15) is 10.5 Å². The minimum Gasteiger partial charge on any atom is -0.494 e. The SMILES string of the molecule is COc1cc(-c2nccc(C(=O)O)n2)ccc1F. The van der Waals surface area contributed by atoms with E-state index in [-0.39, 0.29) is 17.3 Å². The molecular formula is C12H9FN2O3. The Labute approximate surface area is 102 Å². The molecule has 2 rings (SSSR count). The number of carboxylic acids is 1. The fourth-order valence-corrected chi connectivity index (χ4v) is 1.42. The van der Waals surface area contributed by atoms with Gasteiger partial charge >= 0.3 is 5.97 Å². The Bertz CT molecular complexity index is 602. The lowest BCUT2D eigenvalue weighted by molar-refractivity contribution is 0.0690. The van der Waals surface area contributed by atoms with Crippen LogP contribution in [0.5, 0.6) is 5.75 Å². The zero-order valence-corrected chi connectivity index (χ0v) is 9.42. The van der Waals surface area contributed by atoms with Crippen LogP contribution in [0.3, 0.4) is 0 Å². The van der Waals surface area contributed by atoms with Gasteiger partial charge in [-0.3, -0.25) is 0 Å². The third-order valence-corrected chi connectivity index (χ3v) is 2.28. The topological polar surface area (TPSA) is 72.3 Å². The van der Waals surface area contributed by atoms with Gasteiger partial charge in [0, 0.05) is 11.8 Å². The number of benzene rings is 1. The first kappa shape index (κ1) is 12.0. The van der Waals surface area contributed by atoms with Crippen molar-refractivity contribution in [1.82, 2.24) is 9.97 Å². The van der Waals surface area contributed by atoms with Crippen LogP contribution in [0.2, 0.25) is 0 Å². The molecule has 0 bridgehead atoms. The van der Waals surface area contributed by atoms with Crippen LogP contribution in [-0.2, 0) is 0 Å². The molecule has 0 saturated carbocycles. The molecule has 1 aromatic carbocycles. The monoisotopic (exact) mass is 248 g/mol. The van der Waals surface area contributed by atoms with Gasteiger partial charge in [0.15, 0.2) is 23.1 Å². The zero-order chi connectivity index (χ0) is 13.1. The number of carbonyl (C=O) groups is 1. The molecule has 0 aliphatic rings. The second-order valence-electron chi connectivity index (χ2n) is 3.42. The summed E-state index contributed by atoms with van der Waals surface area (Å²) in [6.45, 7) is 0. The van der Waals surface area contributed by atoms with Crippen LogP contribution in [0, 0.1) is 5.82 Å². The molecule has 1 heterocycles. The third kappa shape index (κ3) is 2.27. The summed E-state index contributed by atoms with van der Waals surface area (Å²) in [5.41, 5.74) is 0.361. The maximum Gasteiger partial charge on any atom is 0.354 e. The van der Waals surface area contributed by atoms with Crippen molar-refractivity contribution < 1.29 is 19.0 Å². The molecule has 0 fully saturated rings. The lowest BCUT2D eigenvalue weighted by Gasteiger charge is -2.05. The lowest BCUT2D eigenvalue weighted by atomic mass is 10.2. The number of hydrogen-bond donors (Lipinski definition) is 1. The highest BCUT2D eigenvalue weighted by Gasteiger charge is 2.10. The third-order valence-electron chi connectivity index (χ3n) is 2.28. The van der Waals surface area contributed by atoms with Gasteiger partial charge in [0.1, 0.15) is 0 Å². The van der Waals surface area contributed by atoms with Crippen LogP contribution < -0.4 is 4.74 Å². The number of carboxylic acid groups (broad SMARTS) is 1. The van der Waals surface area contributed by atoms with Gasteiger partial charge < -0.3 is 9.84 Å². The van der Waals surface area contributed by atoms with Crippen molar-refractivity contribution in [3.63, 3.8) is 0 Å². The average molecular weight is 248 g/mol. The number of halogens is 1. The van der Waals surface area contributed by atoms with E-state index in [1.54, 1.807) is 0 Å². The summed E-state index contributed by atoms with van der Waals surface area (Å²) in [6.07, 6.45) is 1.33. The number of ether oxygens (including phenoxy) is 1. The Kier molecular flexibility index (Phi) is 3.18. The van der Waals surface area contributed by atoms with Crippen molar-refractivity contribution in [2.24, 2.45) is 0 Å². The maximum atomic E-state index is 13.2. The van der Waals surface area contributed by atoms with Crippen LogP contribution in [0.25, 0.3) is 11.4 Å². The van der Waals surface area contributed by atoms with Gasteiger partial charge in [-0.1, -0.05) is 0 Å². The van der Waals surface area contributed by atoms with Crippen LogP contribution >= 0.6 is 0 Å². The van der Waals surface area contributed by atoms with Crippen molar-refractivity contribution in [1.29, 1.82) is 0 Å². The molecular weight excluding hydrogens is 239 g/mol. The van der Waals surface area contributed by atoms with E-state index in [1.165, 1.54) is 37.6 Å². The van der Waals surface area contributed by atoms with E-state index in [0.29, 0.717) is 5.56 Å². The quantitative estimate of drug-likeness (QED) is 0.899. The highest BCUT2D eigenvalue weighted by Crippen LogP contribution is 2.23. The highest BCUT2D eigenvalue weighted by molar-refractivity contribution is 5.85. The van der Waals surface area contributed by atoms with Crippen molar-refractivity contribution in [2.45, 2.75) is 0 Å². The summed E-state index contributed by atoms with van der Waals surface area (Å²) in [4.78, 5) is 18.6. The summed E-state index contributed by atoms with van der Waals surface area (Å²) in [5.74, 6) is -1.40. The molecule has 1 N–H and O–H groups in total. The molecule has 5 nitrogen and oxygen atoms in total. The molecule has 0 atom stereocenters. The number of aromatic nitrogens is 2. The molecule has 0 aliphatic carbocycles. The first-order valence-corrected chi connectivity index (χ1v) is 5.02. The van der Waals surface area contributed by atoms with E-state index in [2.05, 4.69) is 9.97 Å². The summed E-state index contributed by atoms with van der Waals surface area (Å²) < 4.78 is 18.1. The van der Waals surface area contributed by atoms with Crippen molar-refractivity contribution in [3.05, 3.63) is 42.0 Å². The van der Waals surface area contributed by atoms with E-state index < -0.39 is 11.8 Å². The van der Waals surface area contributed by atoms with Crippen molar-refractivity contribution >= 4 is 5.97 Å². The molecule has 0 unspecified atom stereocenters. The molecule has 0 spiro atoms. The number of methoxy groups -OCH3 is 1. The van der Waals surface area contributed by atoms with Crippen molar-refractivity contribution in [2.75, 3.05) is 7.11 Å². The van der Waals surface area contributed by atoms with Gasteiger partial charge in [-0.25, -0.2) is 19.2 Å². The van der Waals surface area contributed by atoms with Crippen LogP contribution in [0.15, 0.2) is 30.5 Å². The fourth-order valence-electron chi connectivity index (χ4n) is 1.42. The molecule has 0 aliphatic heterocycles. The second-order valence-corrected chi connectivity index (χ2v) is 3.42. The molecule has 92 valence electrons. The van der Waals surface area contributed by atoms with E-state index in [1.807, 2.05) is 0 Å². The van der Waals surface area contributed by atoms with E-state index in [9.17, 15) is 9.18 Å². The molecule has 2 aromatic rings. The Hall–Kier alpha value is -2.50. The predicted molar refractivity (Wildman–Crippen MR) is 60.9 cm³/mol. The fraction of sp³-hybridized carbons (Fsp3) is 0.0833. The molecule has 1 aromatic heterocycles. The highest BCUT2D eigenvalue weighted by atomic mass is 19.1. The minimum atomic E-state index is -1.15. The van der Waals surface area contributed by atoms with E-state index in [0.717, 1.165) is 0 Å². The van der Waals surface area contributed by atoms with Crippen molar-refractivity contribution in [3.8, 4) is 17.1 Å². The zero-order valence-electron chi connectivity index (χ0n) is 9.42. The van der Waals surface area contributed by atoms with Gasteiger partial charge in [-0.2, -0.15) is 0 Å². The van der Waals surface area contributed by atoms with Crippen LogP contribution in [0.4, 0.5) is 4.39 Å². The lowest BCUT2D eigenvalue weighted by Crippen LogP contribution is -2.02. The summed E-state index contributed by atoms with van der Waals surface area (Å²) in [6, 6.07) is 5.37. The summed E-state index contributed by atoms with van der Waals surface area (Å²) in [5, 5.41) is 8.83. The van der Waals surface area contributed by atoms with E-state index >= 15 is 0 Å². The molecule has 0 saturated heterocycles. The van der Waals surface area contributed by atoms with Gasteiger partial charge in [-0.05, 0) is 24.3 Å². The first-order valence-electron chi connectivity index (χ1n) is 5.02. The Balaban J connectivity index is 2.48. The average Bonchev–Trinajstić information content (AvgIpc) is 2.39. The standard InChI is InChI=1S/C12H9FN2O3/c1-18-10-6-7(2-3-8(10)13)11-14-5-4-9(15-11)12(16)17/h2-6H,1H3,(H,16,17). The van der Waals surface area contributed by atoms with Gasteiger partial charge in [-0.15, -0.1) is 0 Å².